The second-order valence-electron chi connectivity index (χ2n) is 5.03. The Morgan fingerprint density at radius 3 is 2.82 bits per heavy atom. The molecule has 0 fully saturated rings. The quantitative estimate of drug-likeness (QED) is 0.758. The molecule has 2 N–H and O–H groups in total. The molecule has 1 aromatic heterocycles. The van der Waals surface area contributed by atoms with Crippen molar-refractivity contribution in [3.8, 4) is 0 Å². The minimum Gasteiger partial charge on any atom is -0.385 e. The van der Waals surface area contributed by atoms with Gasteiger partial charge in [0.25, 0.3) is 5.91 Å². The highest BCUT2D eigenvalue weighted by Crippen LogP contribution is 2.13. The molecule has 22 heavy (non-hydrogen) atoms. The van der Waals surface area contributed by atoms with Crippen LogP contribution in [0, 0.1) is 5.82 Å². The summed E-state index contributed by atoms with van der Waals surface area (Å²) in [6.45, 7) is 3.02. The average molecular weight is 301 g/mol. The van der Waals surface area contributed by atoms with Gasteiger partial charge in [0.05, 0.1) is 0 Å². The Bertz CT molecular complexity index is 631. The number of amides is 1. The fourth-order valence-electron chi connectivity index (χ4n) is 2.03. The fraction of sp³-hybridized carbons (Fsp3) is 0.294. The normalized spacial score (nSPS) is 10.3. The van der Waals surface area contributed by atoms with E-state index in [4.69, 9.17) is 0 Å². The molecule has 0 aliphatic carbocycles. The molecular formula is C17H20FN3O. The first-order chi connectivity index (χ1) is 10.7. The molecule has 0 atom stereocenters. The van der Waals surface area contributed by atoms with Gasteiger partial charge in [-0.2, -0.15) is 0 Å². The lowest BCUT2D eigenvalue weighted by Gasteiger charge is -2.08. The van der Waals surface area contributed by atoms with Crippen LogP contribution in [0.15, 0.2) is 42.6 Å². The van der Waals surface area contributed by atoms with Gasteiger partial charge in [-0.25, -0.2) is 4.39 Å². The molecule has 0 spiro atoms. The standard InChI is InChI=1S/C17H20FN3O/c1-2-3-4-9-19-14-8-10-20-16(12-14)17(22)21-15-7-5-6-13(18)11-15/h5-8,10-12H,2-4,9H2,1H3,(H,19,20)(H,21,22). The van der Waals surface area contributed by atoms with E-state index in [2.05, 4.69) is 22.5 Å². The van der Waals surface area contributed by atoms with E-state index in [1.54, 1.807) is 24.4 Å². The summed E-state index contributed by atoms with van der Waals surface area (Å²) >= 11 is 0. The highest BCUT2D eigenvalue weighted by molar-refractivity contribution is 6.03. The fourth-order valence-corrected chi connectivity index (χ4v) is 2.03. The number of unbranched alkanes of at least 4 members (excludes halogenated alkanes) is 2. The predicted molar refractivity (Wildman–Crippen MR) is 86.6 cm³/mol. The number of benzene rings is 1. The van der Waals surface area contributed by atoms with Crippen molar-refractivity contribution in [3.63, 3.8) is 0 Å². The number of hydrogen-bond acceptors (Lipinski definition) is 3. The first-order valence-corrected chi connectivity index (χ1v) is 7.46. The van der Waals surface area contributed by atoms with Crippen LogP contribution in [0.5, 0.6) is 0 Å². The van der Waals surface area contributed by atoms with E-state index in [0.29, 0.717) is 11.4 Å². The SMILES string of the molecule is CCCCCNc1ccnc(C(=O)Nc2cccc(F)c2)c1. The van der Waals surface area contributed by atoms with Crippen molar-refractivity contribution in [3.05, 3.63) is 54.1 Å². The summed E-state index contributed by atoms with van der Waals surface area (Å²) in [5.74, 6) is -0.750. The molecule has 1 heterocycles. The van der Waals surface area contributed by atoms with Crippen LogP contribution in [0.3, 0.4) is 0 Å². The summed E-state index contributed by atoms with van der Waals surface area (Å²) in [6, 6.07) is 9.29. The second-order valence-corrected chi connectivity index (χ2v) is 5.03. The maximum absolute atomic E-state index is 13.1. The topological polar surface area (TPSA) is 54.0 Å². The van der Waals surface area contributed by atoms with E-state index in [0.717, 1.165) is 18.7 Å². The zero-order valence-electron chi connectivity index (χ0n) is 12.6. The Labute approximate surface area is 129 Å². The Morgan fingerprint density at radius 1 is 1.18 bits per heavy atom. The lowest BCUT2D eigenvalue weighted by atomic mass is 10.2. The summed E-state index contributed by atoms with van der Waals surface area (Å²) in [4.78, 5) is 16.2. The summed E-state index contributed by atoms with van der Waals surface area (Å²) in [5.41, 5.74) is 1.56. The van der Waals surface area contributed by atoms with Crippen molar-refractivity contribution in [2.45, 2.75) is 26.2 Å². The summed E-state index contributed by atoms with van der Waals surface area (Å²) in [7, 11) is 0. The van der Waals surface area contributed by atoms with Crippen LogP contribution in [0.4, 0.5) is 15.8 Å². The lowest BCUT2D eigenvalue weighted by Crippen LogP contribution is -2.14. The number of nitrogens with one attached hydrogen (secondary N) is 2. The minimum atomic E-state index is -0.392. The molecule has 1 amide bonds. The number of nitrogens with zero attached hydrogens (tertiary/aromatic N) is 1. The van der Waals surface area contributed by atoms with E-state index in [9.17, 15) is 9.18 Å². The van der Waals surface area contributed by atoms with Crippen LogP contribution in [-0.4, -0.2) is 17.4 Å². The van der Waals surface area contributed by atoms with Gasteiger partial charge in [-0.1, -0.05) is 25.8 Å². The van der Waals surface area contributed by atoms with E-state index in [1.807, 2.05) is 6.07 Å². The summed E-state index contributed by atoms with van der Waals surface area (Å²) in [5, 5.41) is 5.90. The molecule has 0 bridgehead atoms. The van der Waals surface area contributed by atoms with Crippen LogP contribution in [0.25, 0.3) is 0 Å². The molecule has 0 saturated heterocycles. The Hall–Kier alpha value is -2.43. The van der Waals surface area contributed by atoms with Gasteiger partial charge in [0, 0.05) is 24.1 Å². The molecule has 5 heteroatoms. The van der Waals surface area contributed by atoms with E-state index < -0.39 is 5.82 Å². The molecule has 1 aromatic carbocycles. The van der Waals surface area contributed by atoms with Crippen LogP contribution < -0.4 is 10.6 Å². The van der Waals surface area contributed by atoms with Crippen LogP contribution in [0.1, 0.15) is 36.7 Å². The number of anilines is 2. The largest absolute Gasteiger partial charge is 0.385 e. The number of pyridine rings is 1. The Kier molecular flexibility index (Phi) is 5.89. The second kappa shape index (κ2) is 8.12. The number of carbonyl (C=O) groups excluding carboxylic acids is 1. The van der Waals surface area contributed by atoms with Crippen LogP contribution >= 0.6 is 0 Å². The zero-order valence-corrected chi connectivity index (χ0v) is 12.6. The monoisotopic (exact) mass is 301 g/mol. The Balaban J connectivity index is 1.97. The molecule has 4 nitrogen and oxygen atoms in total. The van der Waals surface area contributed by atoms with Crippen molar-refractivity contribution >= 4 is 17.3 Å². The number of aromatic nitrogens is 1. The minimum absolute atomic E-state index is 0.296. The van der Waals surface area contributed by atoms with Gasteiger partial charge in [-0.05, 0) is 36.8 Å². The van der Waals surface area contributed by atoms with Gasteiger partial charge < -0.3 is 10.6 Å². The predicted octanol–water partition coefficient (Wildman–Crippen LogP) is 4.08. The Morgan fingerprint density at radius 2 is 2.05 bits per heavy atom. The first-order valence-electron chi connectivity index (χ1n) is 7.46. The molecular weight excluding hydrogens is 281 g/mol. The zero-order chi connectivity index (χ0) is 15.8. The molecule has 0 saturated carbocycles. The smallest absolute Gasteiger partial charge is 0.274 e. The van der Waals surface area contributed by atoms with Crippen molar-refractivity contribution in [1.82, 2.24) is 4.98 Å². The van der Waals surface area contributed by atoms with E-state index in [-0.39, 0.29) is 5.91 Å². The molecule has 0 unspecified atom stereocenters. The molecule has 116 valence electrons. The van der Waals surface area contributed by atoms with Crippen molar-refractivity contribution in [2.24, 2.45) is 0 Å². The van der Waals surface area contributed by atoms with E-state index in [1.165, 1.54) is 25.0 Å². The van der Waals surface area contributed by atoms with Gasteiger partial charge in [0.15, 0.2) is 0 Å². The van der Waals surface area contributed by atoms with Gasteiger partial charge in [0.2, 0.25) is 0 Å². The van der Waals surface area contributed by atoms with Crippen molar-refractivity contribution in [2.75, 3.05) is 17.2 Å². The highest BCUT2D eigenvalue weighted by atomic mass is 19.1. The third kappa shape index (κ3) is 4.84. The lowest BCUT2D eigenvalue weighted by molar-refractivity contribution is 0.102. The first kappa shape index (κ1) is 15.9. The number of halogens is 1. The third-order valence-corrected chi connectivity index (χ3v) is 3.18. The maximum Gasteiger partial charge on any atom is 0.274 e. The van der Waals surface area contributed by atoms with Gasteiger partial charge >= 0.3 is 0 Å². The van der Waals surface area contributed by atoms with Crippen LogP contribution in [0.2, 0.25) is 0 Å². The van der Waals surface area contributed by atoms with E-state index >= 15 is 0 Å². The summed E-state index contributed by atoms with van der Waals surface area (Å²) < 4.78 is 13.1. The van der Waals surface area contributed by atoms with Crippen molar-refractivity contribution < 1.29 is 9.18 Å². The van der Waals surface area contributed by atoms with Crippen LogP contribution in [-0.2, 0) is 0 Å². The average Bonchev–Trinajstić information content (AvgIpc) is 2.52. The third-order valence-electron chi connectivity index (χ3n) is 3.18. The molecule has 0 radical (unpaired) electrons. The number of carbonyl (C=O) groups is 1. The number of hydrogen-bond donors (Lipinski definition) is 2. The molecule has 0 aliphatic rings. The maximum atomic E-state index is 13.1. The highest BCUT2D eigenvalue weighted by Gasteiger charge is 2.08. The molecule has 2 rings (SSSR count). The van der Waals surface area contributed by atoms with Gasteiger partial charge in [-0.3, -0.25) is 9.78 Å². The number of rotatable bonds is 7. The summed E-state index contributed by atoms with van der Waals surface area (Å²) in [6.07, 6.45) is 5.01. The van der Waals surface area contributed by atoms with Gasteiger partial charge in [-0.15, -0.1) is 0 Å². The van der Waals surface area contributed by atoms with Gasteiger partial charge in [0.1, 0.15) is 11.5 Å². The van der Waals surface area contributed by atoms with Crippen molar-refractivity contribution in [1.29, 1.82) is 0 Å². The molecule has 0 aliphatic heterocycles. The molecule has 2 aromatic rings.